The lowest BCUT2D eigenvalue weighted by atomic mass is 10.2. The van der Waals surface area contributed by atoms with Gasteiger partial charge in [0.25, 0.3) is 0 Å². The summed E-state index contributed by atoms with van der Waals surface area (Å²) in [5.41, 5.74) is 2.51. The van der Waals surface area contributed by atoms with Crippen LogP contribution < -0.4 is 5.63 Å². The molecule has 23 heavy (non-hydrogen) atoms. The summed E-state index contributed by atoms with van der Waals surface area (Å²) in [6, 6.07) is 18.7. The molecule has 1 aromatic heterocycles. The third-order valence-electron chi connectivity index (χ3n) is 3.09. The lowest BCUT2D eigenvalue weighted by Gasteiger charge is -1.95. The largest absolute Gasteiger partial charge is 0.423 e. The number of carbonyl (C=O) groups excluding carboxylic acids is 1. The predicted octanol–water partition coefficient (Wildman–Crippen LogP) is 4.39. The first-order valence-corrected chi connectivity index (χ1v) is 7.29. The molecule has 0 atom stereocenters. The molecule has 116 valence electrons. The van der Waals surface area contributed by atoms with Crippen molar-refractivity contribution in [2.24, 2.45) is 0 Å². The van der Waals surface area contributed by atoms with Crippen LogP contribution in [0.25, 0.3) is 17.0 Å². The van der Waals surface area contributed by atoms with E-state index in [1.165, 1.54) is 6.07 Å². The lowest BCUT2D eigenvalue weighted by molar-refractivity contribution is -0.112. The number of ketones is 1. The van der Waals surface area contributed by atoms with Crippen molar-refractivity contribution in [3.8, 4) is 0 Å². The molecule has 0 unspecified atom stereocenters. The Bertz CT molecular complexity index is 874. The van der Waals surface area contributed by atoms with E-state index in [2.05, 4.69) is 0 Å². The van der Waals surface area contributed by atoms with Crippen molar-refractivity contribution in [2.75, 3.05) is 0 Å². The molecule has 0 saturated heterocycles. The Morgan fingerprint density at radius 1 is 1.00 bits per heavy atom. The van der Waals surface area contributed by atoms with Crippen molar-refractivity contribution >= 4 is 22.8 Å². The summed E-state index contributed by atoms with van der Waals surface area (Å²) in [6.45, 7) is 3.51. The standard InChI is InChI=1S/C10H8O2.C10H10O/c1-7-2-3-8-4-5-10(11)12-9(8)6-7;1-9(11)7-8-10-5-3-2-4-6-10/h2-6H,1H3;2-8H,1H3/b;8-7+. The number of benzene rings is 2. The van der Waals surface area contributed by atoms with Crippen LogP contribution in [0.15, 0.2) is 76.0 Å². The molecule has 0 radical (unpaired) electrons. The van der Waals surface area contributed by atoms with Gasteiger partial charge in [-0.3, -0.25) is 4.79 Å². The monoisotopic (exact) mass is 306 g/mol. The zero-order valence-corrected chi connectivity index (χ0v) is 13.2. The lowest BCUT2D eigenvalue weighted by Crippen LogP contribution is -1.93. The number of fused-ring (bicyclic) bond motifs is 1. The molecule has 0 amide bonds. The van der Waals surface area contributed by atoms with Gasteiger partial charge < -0.3 is 4.42 Å². The second-order valence-electron chi connectivity index (χ2n) is 5.15. The second-order valence-corrected chi connectivity index (χ2v) is 5.15. The molecule has 3 rings (SSSR count). The highest BCUT2D eigenvalue weighted by molar-refractivity contribution is 5.91. The van der Waals surface area contributed by atoms with Crippen molar-refractivity contribution < 1.29 is 9.21 Å². The van der Waals surface area contributed by atoms with Gasteiger partial charge in [0.05, 0.1) is 0 Å². The Labute approximate surface area is 134 Å². The zero-order chi connectivity index (χ0) is 16.7. The van der Waals surface area contributed by atoms with E-state index in [-0.39, 0.29) is 11.4 Å². The van der Waals surface area contributed by atoms with E-state index in [9.17, 15) is 9.59 Å². The van der Waals surface area contributed by atoms with Gasteiger partial charge in [0.15, 0.2) is 5.78 Å². The average molecular weight is 306 g/mol. The number of rotatable bonds is 2. The van der Waals surface area contributed by atoms with Crippen molar-refractivity contribution in [3.63, 3.8) is 0 Å². The second kappa shape index (κ2) is 7.90. The molecule has 3 aromatic rings. The van der Waals surface area contributed by atoms with Gasteiger partial charge >= 0.3 is 5.63 Å². The van der Waals surface area contributed by atoms with Gasteiger partial charge in [0.1, 0.15) is 5.58 Å². The van der Waals surface area contributed by atoms with Gasteiger partial charge in [0.2, 0.25) is 0 Å². The Morgan fingerprint density at radius 2 is 1.70 bits per heavy atom. The maximum absolute atomic E-state index is 10.8. The Kier molecular flexibility index (Phi) is 5.64. The van der Waals surface area contributed by atoms with Crippen LogP contribution in [0.4, 0.5) is 0 Å². The fourth-order valence-corrected chi connectivity index (χ4v) is 1.95. The summed E-state index contributed by atoms with van der Waals surface area (Å²) >= 11 is 0. The van der Waals surface area contributed by atoms with E-state index in [1.54, 1.807) is 19.1 Å². The number of aryl methyl sites for hydroxylation is 1. The smallest absolute Gasteiger partial charge is 0.336 e. The van der Waals surface area contributed by atoms with Gasteiger partial charge in [-0.15, -0.1) is 0 Å². The van der Waals surface area contributed by atoms with Crippen LogP contribution in [0.1, 0.15) is 18.1 Å². The number of hydrogen-bond acceptors (Lipinski definition) is 3. The minimum absolute atomic E-state index is 0.0776. The number of hydrogen-bond donors (Lipinski definition) is 0. The summed E-state index contributed by atoms with van der Waals surface area (Å²) in [5.74, 6) is 0.0776. The highest BCUT2D eigenvalue weighted by Crippen LogP contribution is 2.12. The minimum Gasteiger partial charge on any atom is -0.423 e. The fraction of sp³-hybridized carbons (Fsp3) is 0.100. The molecular formula is C20H18O3. The summed E-state index contributed by atoms with van der Waals surface area (Å²) in [7, 11) is 0. The van der Waals surface area contributed by atoms with E-state index in [1.807, 2.05) is 61.5 Å². The van der Waals surface area contributed by atoms with Gasteiger partial charge in [-0.25, -0.2) is 4.79 Å². The molecule has 0 aliphatic heterocycles. The first-order chi connectivity index (χ1) is 11.0. The van der Waals surface area contributed by atoms with Gasteiger partial charge in [-0.2, -0.15) is 0 Å². The molecule has 2 aromatic carbocycles. The fourth-order valence-electron chi connectivity index (χ4n) is 1.95. The first kappa shape index (κ1) is 16.4. The summed E-state index contributed by atoms with van der Waals surface area (Å²) in [6.07, 6.45) is 3.37. The van der Waals surface area contributed by atoms with E-state index in [4.69, 9.17) is 4.42 Å². The predicted molar refractivity (Wildman–Crippen MR) is 93.4 cm³/mol. The average Bonchev–Trinajstić information content (AvgIpc) is 2.54. The third kappa shape index (κ3) is 5.40. The van der Waals surface area contributed by atoms with Gasteiger partial charge in [-0.1, -0.05) is 48.5 Å². The van der Waals surface area contributed by atoms with Crippen LogP contribution in [0.5, 0.6) is 0 Å². The van der Waals surface area contributed by atoms with Crippen molar-refractivity contribution in [2.45, 2.75) is 13.8 Å². The van der Waals surface area contributed by atoms with Crippen molar-refractivity contribution in [3.05, 3.63) is 88.3 Å². The number of carbonyl (C=O) groups is 1. The molecule has 0 aliphatic rings. The van der Waals surface area contributed by atoms with E-state index >= 15 is 0 Å². The third-order valence-corrected chi connectivity index (χ3v) is 3.09. The quantitative estimate of drug-likeness (QED) is 0.521. The first-order valence-electron chi connectivity index (χ1n) is 7.29. The summed E-state index contributed by atoms with van der Waals surface area (Å²) in [4.78, 5) is 21.4. The molecule has 1 heterocycles. The molecule has 3 heteroatoms. The molecule has 0 aliphatic carbocycles. The number of allylic oxidation sites excluding steroid dienone is 1. The normalized spacial score (nSPS) is 10.3. The molecule has 0 spiro atoms. The van der Waals surface area contributed by atoms with Crippen LogP contribution in [-0.4, -0.2) is 5.78 Å². The van der Waals surface area contributed by atoms with Crippen LogP contribution in [-0.2, 0) is 4.79 Å². The maximum atomic E-state index is 10.8. The summed E-state index contributed by atoms with van der Waals surface area (Å²) < 4.78 is 4.99. The van der Waals surface area contributed by atoms with Crippen LogP contribution >= 0.6 is 0 Å². The maximum Gasteiger partial charge on any atom is 0.336 e. The minimum atomic E-state index is -0.298. The Balaban J connectivity index is 0.000000168. The van der Waals surface area contributed by atoms with E-state index in [0.717, 1.165) is 16.5 Å². The molecule has 0 fully saturated rings. The van der Waals surface area contributed by atoms with E-state index in [0.29, 0.717) is 5.58 Å². The Morgan fingerprint density at radius 3 is 2.39 bits per heavy atom. The molecule has 3 nitrogen and oxygen atoms in total. The molecule has 0 bridgehead atoms. The van der Waals surface area contributed by atoms with E-state index < -0.39 is 0 Å². The van der Waals surface area contributed by atoms with Crippen LogP contribution in [0, 0.1) is 6.92 Å². The van der Waals surface area contributed by atoms with Gasteiger partial charge in [0, 0.05) is 11.5 Å². The van der Waals surface area contributed by atoms with Crippen molar-refractivity contribution in [1.29, 1.82) is 0 Å². The topological polar surface area (TPSA) is 47.3 Å². The van der Waals surface area contributed by atoms with Crippen molar-refractivity contribution in [1.82, 2.24) is 0 Å². The SMILES string of the molecule is CC(=O)/C=C/c1ccccc1.Cc1ccc2ccc(=O)oc2c1. The van der Waals surface area contributed by atoms with Crippen LogP contribution in [0.3, 0.4) is 0 Å². The van der Waals surface area contributed by atoms with Gasteiger partial charge in [-0.05, 0) is 43.2 Å². The summed E-state index contributed by atoms with van der Waals surface area (Å²) in [5, 5.41) is 0.959. The Hall–Kier alpha value is -2.94. The zero-order valence-electron chi connectivity index (χ0n) is 13.2. The molecule has 0 N–H and O–H groups in total. The highest BCUT2D eigenvalue weighted by atomic mass is 16.4. The molecule has 0 saturated carbocycles. The molecular weight excluding hydrogens is 288 g/mol. The van der Waals surface area contributed by atoms with Crippen LogP contribution in [0.2, 0.25) is 0 Å². The highest BCUT2D eigenvalue weighted by Gasteiger charge is 1.95.